The van der Waals surface area contributed by atoms with Crippen molar-refractivity contribution < 1.29 is 0 Å². The normalized spacial score (nSPS) is 11.4. The number of nitrogens with zero attached hydrogens (tertiary/aromatic N) is 4. The van der Waals surface area contributed by atoms with Crippen LogP contribution in [-0.2, 0) is 13.7 Å². The molecule has 2 aromatic carbocycles. The molecule has 1 aromatic heterocycles. The zero-order valence-electron chi connectivity index (χ0n) is 14.3. The fourth-order valence-electron chi connectivity index (χ4n) is 2.95. The van der Waals surface area contributed by atoms with Crippen LogP contribution in [-0.4, -0.2) is 26.3 Å². The predicted molar refractivity (Wildman–Crippen MR) is 99.3 cm³/mol. The highest BCUT2D eigenvalue weighted by Gasteiger charge is 2.20. The molecule has 3 aromatic rings. The van der Waals surface area contributed by atoms with Gasteiger partial charge in [0.25, 0.3) is 0 Å². The van der Waals surface area contributed by atoms with E-state index < -0.39 is 0 Å². The molecular weight excluding hydrogens is 316 g/mol. The third-order valence-corrected chi connectivity index (χ3v) is 4.77. The van der Waals surface area contributed by atoms with Crippen molar-refractivity contribution in [2.45, 2.75) is 19.6 Å². The average Bonchev–Trinajstić information content (AvgIpc) is 2.84. The molecule has 0 bridgehead atoms. The molecule has 0 aliphatic heterocycles. The molecule has 0 aliphatic rings. The van der Waals surface area contributed by atoms with Gasteiger partial charge in [0, 0.05) is 7.05 Å². The highest BCUT2D eigenvalue weighted by molar-refractivity contribution is 7.71. The quantitative estimate of drug-likeness (QED) is 0.659. The Balaban J connectivity index is 1.96. The maximum atomic E-state index is 5.49. The van der Waals surface area contributed by atoms with E-state index in [1.165, 1.54) is 11.1 Å². The van der Waals surface area contributed by atoms with Crippen LogP contribution in [0.1, 0.15) is 23.0 Å². The molecule has 0 saturated heterocycles. The lowest BCUT2D eigenvalue weighted by Crippen LogP contribution is -2.28. The topological polar surface area (TPSA) is 26.0 Å². The van der Waals surface area contributed by atoms with E-state index in [0.29, 0.717) is 6.67 Å². The Bertz CT molecular complexity index is 813. The van der Waals surface area contributed by atoms with Crippen molar-refractivity contribution in [1.82, 2.24) is 19.2 Å². The van der Waals surface area contributed by atoms with Gasteiger partial charge in [-0.1, -0.05) is 60.7 Å². The van der Waals surface area contributed by atoms with Crippen molar-refractivity contribution in [1.29, 1.82) is 0 Å². The van der Waals surface area contributed by atoms with Crippen LogP contribution >= 0.6 is 12.2 Å². The van der Waals surface area contributed by atoms with Gasteiger partial charge in [-0.25, -0.2) is 4.68 Å². The molecule has 0 unspecified atom stereocenters. The van der Waals surface area contributed by atoms with Gasteiger partial charge in [-0.2, -0.15) is 5.10 Å². The van der Waals surface area contributed by atoms with Crippen LogP contribution in [0.25, 0.3) is 0 Å². The van der Waals surface area contributed by atoms with E-state index in [0.717, 1.165) is 10.6 Å². The fourth-order valence-corrected chi connectivity index (χ4v) is 3.18. The average molecular weight is 338 g/mol. The number of hydrogen-bond donors (Lipinski definition) is 0. The molecular formula is C19H22N4S. The van der Waals surface area contributed by atoms with E-state index in [1.807, 2.05) is 35.4 Å². The van der Waals surface area contributed by atoms with Gasteiger partial charge in [0.05, 0.1) is 12.7 Å². The van der Waals surface area contributed by atoms with Crippen molar-refractivity contribution in [2.24, 2.45) is 7.05 Å². The van der Waals surface area contributed by atoms with E-state index >= 15 is 0 Å². The van der Waals surface area contributed by atoms with Crippen LogP contribution in [0.4, 0.5) is 0 Å². The summed E-state index contributed by atoms with van der Waals surface area (Å²) in [6.45, 7) is 2.60. The smallest absolute Gasteiger partial charge is 0.198 e. The highest BCUT2D eigenvalue weighted by atomic mass is 32.1. The molecule has 1 heterocycles. The summed E-state index contributed by atoms with van der Waals surface area (Å²) < 4.78 is 4.55. The van der Waals surface area contributed by atoms with Crippen molar-refractivity contribution in [3.8, 4) is 0 Å². The van der Waals surface area contributed by atoms with Crippen LogP contribution in [0.15, 0.2) is 60.7 Å². The van der Waals surface area contributed by atoms with Gasteiger partial charge in [-0.15, -0.1) is 0 Å². The monoisotopic (exact) mass is 338 g/mol. The zero-order chi connectivity index (χ0) is 17.1. The molecule has 0 saturated carbocycles. The summed E-state index contributed by atoms with van der Waals surface area (Å²) in [5, 5.41) is 4.55. The molecule has 3 rings (SSSR count). The van der Waals surface area contributed by atoms with E-state index in [4.69, 9.17) is 12.2 Å². The lowest BCUT2D eigenvalue weighted by atomic mass is 9.98. The molecule has 0 radical (unpaired) electrons. The molecule has 24 heavy (non-hydrogen) atoms. The highest BCUT2D eigenvalue weighted by Crippen LogP contribution is 2.27. The summed E-state index contributed by atoms with van der Waals surface area (Å²) in [5.74, 6) is 0.921. The fraction of sp³-hybridized carbons (Fsp3) is 0.263. The summed E-state index contributed by atoms with van der Waals surface area (Å²) in [7, 11) is 4.06. The molecule has 0 fully saturated rings. The number of benzene rings is 2. The second-order valence-corrected chi connectivity index (χ2v) is 6.38. The Morgan fingerprint density at radius 2 is 1.50 bits per heavy atom. The number of aromatic nitrogens is 3. The lowest BCUT2D eigenvalue weighted by Gasteiger charge is -2.28. The Morgan fingerprint density at radius 3 is 1.92 bits per heavy atom. The van der Waals surface area contributed by atoms with Gasteiger partial charge in [-0.3, -0.25) is 4.90 Å². The number of aryl methyl sites for hydroxylation is 1. The summed E-state index contributed by atoms with van der Waals surface area (Å²) in [4.78, 5) is 2.27. The zero-order valence-corrected chi connectivity index (χ0v) is 15.1. The molecule has 0 atom stereocenters. The molecule has 0 N–H and O–H groups in total. The van der Waals surface area contributed by atoms with Crippen LogP contribution in [0.3, 0.4) is 0 Å². The molecule has 0 spiro atoms. The van der Waals surface area contributed by atoms with Gasteiger partial charge in [0.1, 0.15) is 5.82 Å². The number of hydrogen-bond acceptors (Lipinski definition) is 3. The lowest BCUT2D eigenvalue weighted by molar-refractivity contribution is 0.207. The van der Waals surface area contributed by atoms with Crippen molar-refractivity contribution in [2.75, 3.05) is 7.05 Å². The van der Waals surface area contributed by atoms with Crippen LogP contribution in [0, 0.1) is 11.7 Å². The van der Waals surface area contributed by atoms with E-state index in [2.05, 4.69) is 65.6 Å². The van der Waals surface area contributed by atoms with Gasteiger partial charge in [0.15, 0.2) is 4.77 Å². The standard InChI is InChI=1S/C19H22N4S/c1-15-20-23(19(24)22(15)3)14-21(2)18(16-10-6-4-7-11-16)17-12-8-5-9-13-17/h4-13,18H,14H2,1-3H3. The maximum Gasteiger partial charge on any atom is 0.198 e. The Labute approximate surface area is 148 Å². The SMILES string of the molecule is Cc1nn(CN(C)C(c2ccccc2)c2ccccc2)c(=S)n1C. The summed E-state index contributed by atoms with van der Waals surface area (Å²) in [5.41, 5.74) is 2.51. The third kappa shape index (κ3) is 3.32. The summed E-state index contributed by atoms with van der Waals surface area (Å²) >= 11 is 5.49. The van der Waals surface area contributed by atoms with Crippen LogP contribution < -0.4 is 0 Å². The Kier molecular flexibility index (Phi) is 4.92. The maximum absolute atomic E-state index is 5.49. The third-order valence-electron chi connectivity index (χ3n) is 4.29. The van der Waals surface area contributed by atoms with Gasteiger partial charge < -0.3 is 4.57 Å². The Hall–Kier alpha value is -2.24. The molecule has 5 heteroatoms. The molecule has 0 amide bonds. The first-order chi connectivity index (χ1) is 11.6. The minimum atomic E-state index is 0.150. The number of rotatable bonds is 5. The van der Waals surface area contributed by atoms with E-state index in [-0.39, 0.29) is 6.04 Å². The molecule has 0 aliphatic carbocycles. The van der Waals surface area contributed by atoms with Crippen molar-refractivity contribution >= 4 is 12.2 Å². The Morgan fingerprint density at radius 1 is 1.00 bits per heavy atom. The van der Waals surface area contributed by atoms with E-state index in [9.17, 15) is 0 Å². The van der Waals surface area contributed by atoms with Gasteiger partial charge in [0.2, 0.25) is 0 Å². The minimum absolute atomic E-state index is 0.150. The van der Waals surface area contributed by atoms with Crippen LogP contribution in [0.2, 0.25) is 0 Å². The second-order valence-electron chi connectivity index (χ2n) is 6.01. The first kappa shape index (κ1) is 16.6. The second kappa shape index (κ2) is 7.11. The molecule has 124 valence electrons. The summed E-state index contributed by atoms with van der Waals surface area (Å²) in [6, 6.07) is 21.2. The largest absolute Gasteiger partial charge is 0.307 e. The van der Waals surface area contributed by atoms with Crippen molar-refractivity contribution in [3.05, 3.63) is 82.4 Å². The minimum Gasteiger partial charge on any atom is -0.307 e. The van der Waals surface area contributed by atoms with Crippen molar-refractivity contribution in [3.63, 3.8) is 0 Å². The summed E-state index contributed by atoms with van der Waals surface area (Å²) in [6.07, 6.45) is 0. The first-order valence-corrected chi connectivity index (χ1v) is 8.39. The predicted octanol–water partition coefficient (Wildman–Crippen LogP) is 3.94. The van der Waals surface area contributed by atoms with Gasteiger partial charge in [-0.05, 0) is 37.3 Å². The molecule has 4 nitrogen and oxygen atoms in total. The van der Waals surface area contributed by atoms with Crippen LogP contribution in [0.5, 0.6) is 0 Å². The van der Waals surface area contributed by atoms with E-state index in [1.54, 1.807) is 0 Å². The first-order valence-electron chi connectivity index (χ1n) is 7.98. The van der Waals surface area contributed by atoms with Gasteiger partial charge >= 0.3 is 0 Å².